The van der Waals surface area contributed by atoms with E-state index in [1.807, 2.05) is 6.92 Å². The second kappa shape index (κ2) is 6.53. The highest BCUT2D eigenvalue weighted by atomic mass is 32.2. The van der Waals surface area contributed by atoms with Crippen molar-refractivity contribution in [3.05, 3.63) is 18.3 Å². The van der Waals surface area contributed by atoms with Crippen LogP contribution in [0.4, 0.5) is 5.82 Å². The molecule has 0 unspecified atom stereocenters. The second-order valence-electron chi connectivity index (χ2n) is 3.22. The van der Waals surface area contributed by atoms with Crippen LogP contribution in [0.1, 0.15) is 6.92 Å². The van der Waals surface area contributed by atoms with Crippen molar-refractivity contribution in [1.29, 1.82) is 0 Å². The SMILES string of the molecule is CCOCCNS(=O)(=O)c1ccnc(NC)c1. The topological polar surface area (TPSA) is 80.3 Å². The molecule has 0 radical (unpaired) electrons. The number of rotatable bonds is 7. The Kier molecular flexibility index (Phi) is 5.33. The summed E-state index contributed by atoms with van der Waals surface area (Å²) in [6, 6.07) is 2.92. The van der Waals surface area contributed by atoms with Gasteiger partial charge in [-0.25, -0.2) is 18.1 Å². The largest absolute Gasteiger partial charge is 0.380 e. The molecule has 96 valence electrons. The molecule has 17 heavy (non-hydrogen) atoms. The zero-order chi connectivity index (χ0) is 12.7. The number of aromatic nitrogens is 1. The molecule has 0 saturated heterocycles. The number of hydrogen-bond acceptors (Lipinski definition) is 5. The van der Waals surface area contributed by atoms with Gasteiger partial charge in [-0.1, -0.05) is 0 Å². The lowest BCUT2D eigenvalue weighted by Crippen LogP contribution is -2.27. The van der Waals surface area contributed by atoms with Gasteiger partial charge < -0.3 is 10.1 Å². The summed E-state index contributed by atoms with van der Waals surface area (Å²) in [7, 11) is -1.80. The summed E-state index contributed by atoms with van der Waals surface area (Å²) in [6.07, 6.45) is 1.45. The monoisotopic (exact) mass is 259 g/mol. The van der Waals surface area contributed by atoms with Gasteiger partial charge in [-0.2, -0.15) is 0 Å². The highest BCUT2D eigenvalue weighted by molar-refractivity contribution is 7.89. The van der Waals surface area contributed by atoms with Gasteiger partial charge in [-0.05, 0) is 13.0 Å². The standard InChI is InChI=1S/C10H17N3O3S/c1-3-16-7-6-13-17(14,15)9-4-5-12-10(8-9)11-2/h4-5,8,13H,3,6-7H2,1-2H3,(H,11,12). The molecule has 1 heterocycles. The lowest BCUT2D eigenvalue weighted by Gasteiger charge is -2.07. The molecule has 0 aliphatic rings. The third kappa shape index (κ3) is 4.29. The molecule has 0 amide bonds. The van der Waals surface area contributed by atoms with E-state index in [9.17, 15) is 8.42 Å². The van der Waals surface area contributed by atoms with Gasteiger partial charge in [0.15, 0.2) is 0 Å². The Balaban J connectivity index is 2.68. The number of pyridine rings is 1. The van der Waals surface area contributed by atoms with E-state index < -0.39 is 10.0 Å². The van der Waals surface area contributed by atoms with Crippen molar-refractivity contribution in [3.63, 3.8) is 0 Å². The first kappa shape index (κ1) is 13.9. The van der Waals surface area contributed by atoms with Gasteiger partial charge in [0.2, 0.25) is 10.0 Å². The molecular weight excluding hydrogens is 242 g/mol. The van der Waals surface area contributed by atoms with Gasteiger partial charge in [0.05, 0.1) is 11.5 Å². The van der Waals surface area contributed by atoms with Crippen LogP contribution in [0.3, 0.4) is 0 Å². The zero-order valence-electron chi connectivity index (χ0n) is 9.93. The Bertz CT molecular complexity index is 448. The first-order valence-electron chi connectivity index (χ1n) is 5.31. The summed E-state index contributed by atoms with van der Waals surface area (Å²) in [5.41, 5.74) is 0. The van der Waals surface area contributed by atoms with Crippen molar-refractivity contribution in [2.45, 2.75) is 11.8 Å². The van der Waals surface area contributed by atoms with E-state index in [2.05, 4.69) is 15.0 Å². The molecule has 0 saturated carbocycles. The average Bonchev–Trinajstić information content (AvgIpc) is 2.35. The maximum atomic E-state index is 11.8. The highest BCUT2D eigenvalue weighted by Crippen LogP contribution is 2.11. The molecule has 0 spiro atoms. The fraction of sp³-hybridized carbons (Fsp3) is 0.500. The maximum Gasteiger partial charge on any atom is 0.240 e. The van der Waals surface area contributed by atoms with E-state index >= 15 is 0 Å². The summed E-state index contributed by atoms with van der Waals surface area (Å²) in [6.45, 7) is 3.05. The number of anilines is 1. The third-order valence-corrected chi connectivity index (χ3v) is 3.50. The van der Waals surface area contributed by atoms with E-state index in [4.69, 9.17) is 4.74 Å². The van der Waals surface area contributed by atoms with Crippen LogP contribution >= 0.6 is 0 Å². The first-order chi connectivity index (χ1) is 8.10. The predicted molar refractivity (Wildman–Crippen MR) is 65.5 cm³/mol. The van der Waals surface area contributed by atoms with Crippen molar-refractivity contribution in [2.75, 3.05) is 32.1 Å². The van der Waals surface area contributed by atoms with Crippen molar-refractivity contribution >= 4 is 15.8 Å². The van der Waals surface area contributed by atoms with Gasteiger partial charge in [-0.3, -0.25) is 0 Å². The van der Waals surface area contributed by atoms with Crippen molar-refractivity contribution < 1.29 is 13.2 Å². The minimum absolute atomic E-state index is 0.188. The average molecular weight is 259 g/mol. The van der Waals surface area contributed by atoms with E-state index in [1.54, 1.807) is 7.05 Å². The Hall–Kier alpha value is -1.18. The second-order valence-corrected chi connectivity index (χ2v) is 4.99. The van der Waals surface area contributed by atoms with Crippen LogP contribution in [0.2, 0.25) is 0 Å². The van der Waals surface area contributed by atoms with E-state index in [1.165, 1.54) is 18.3 Å². The fourth-order valence-corrected chi connectivity index (χ4v) is 2.22. The summed E-state index contributed by atoms with van der Waals surface area (Å²) in [5.74, 6) is 0.512. The molecule has 0 aliphatic heterocycles. The predicted octanol–water partition coefficient (Wildman–Crippen LogP) is 0.438. The fourth-order valence-electron chi connectivity index (χ4n) is 1.19. The van der Waals surface area contributed by atoms with Crippen molar-refractivity contribution in [2.24, 2.45) is 0 Å². The Labute approximate surface area is 101 Å². The van der Waals surface area contributed by atoms with Gasteiger partial charge in [-0.15, -0.1) is 0 Å². The lowest BCUT2D eigenvalue weighted by molar-refractivity contribution is 0.153. The Morgan fingerprint density at radius 1 is 1.47 bits per heavy atom. The maximum absolute atomic E-state index is 11.8. The van der Waals surface area contributed by atoms with Crippen molar-refractivity contribution in [3.8, 4) is 0 Å². The Morgan fingerprint density at radius 2 is 2.24 bits per heavy atom. The van der Waals surface area contributed by atoms with Crippen LogP contribution in [0, 0.1) is 0 Å². The minimum Gasteiger partial charge on any atom is -0.380 e. The van der Waals surface area contributed by atoms with Crippen molar-refractivity contribution in [1.82, 2.24) is 9.71 Å². The molecule has 0 aromatic carbocycles. The van der Waals surface area contributed by atoms with Crippen LogP contribution in [0.15, 0.2) is 23.2 Å². The first-order valence-corrected chi connectivity index (χ1v) is 6.79. The van der Waals surface area contributed by atoms with Crippen LogP contribution in [-0.4, -0.2) is 40.2 Å². The quantitative estimate of drug-likeness (QED) is 0.694. The van der Waals surface area contributed by atoms with E-state index in [0.29, 0.717) is 19.0 Å². The van der Waals surface area contributed by atoms with Gasteiger partial charge in [0, 0.05) is 32.5 Å². The highest BCUT2D eigenvalue weighted by Gasteiger charge is 2.13. The zero-order valence-corrected chi connectivity index (χ0v) is 10.8. The molecule has 6 nitrogen and oxygen atoms in total. The van der Waals surface area contributed by atoms with Crippen LogP contribution in [-0.2, 0) is 14.8 Å². The molecule has 1 aromatic heterocycles. The number of ether oxygens (including phenoxy) is 1. The third-order valence-electron chi connectivity index (χ3n) is 2.04. The smallest absolute Gasteiger partial charge is 0.240 e. The molecule has 0 atom stereocenters. The van der Waals surface area contributed by atoms with Gasteiger partial charge in [0.1, 0.15) is 5.82 Å². The van der Waals surface area contributed by atoms with Gasteiger partial charge in [0.25, 0.3) is 0 Å². The molecule has 0 fully saturated rings. The minimum atomic E-state index is -3.48. The summed E-state index contributed by atoms with van der Waals surface area (Å²) in [4.78, 5) is 4.14. The Morgan fingerprint density at radius 3 is 2.88 bits per heavy atom. The molecular formula is C10H17N3O3S. The number of hydrogen-bond donors (Lipinski definition) is 2. The normalized spacial score (nSPS) is 11.4. The molecule has 0 aliphatic carbocycles. The number of sulfonamides is 1. The van der Waals surface area contributed by atoms with E-state index in [0.717, 1.165) is 0 Å². The van der Waals surface area contributed by atoms with Gasteiger partial charge >= 0.3 is 0 Å². The molecule has 0 bridgehead atoms. The molecule has 2 N–H and O–H groups in total. The summed E-state index contributed by atoms with van der Waals surface area (Å²) >= 11 is 0. The summed E-state index contributed by atoms with van der Waals surface area (Å²) in [5, 5.41) is 2.79. The number of nitrogens with one attached hydrogen (secondary N) is 2. The summed E-state index contributed by atoms with van der Waals surface area (Å²) < 4.78 is 31.2. The lowest BCUT2D eigenvalue weighted by atomic mass is 10.5. The molecule has 1 aromatic rings. The van der Waals surface area contributed by atoms with Crippen LogP contribution < -0.4 is 10.0 Å². The van der Waals surface area contributed by atoms with Crippen LogP contribution in [0.25, 0.3) is 0 Å². The van der Waals surface area contributed by atoms with Crippen LogP contribution in [0.5, 0.6) is 0 Å². The number of nitrogens with zero attached hydrogens (tertiary/aromatic N) is 1. The van der Waals surface area contributed by atoms with E-state index in [-0.39, 0.29) is 11.4 Å². The molecule has 7 heteroatoms. The molecule has 1 rings (SSSR count).